The Morgan fingerprint density at radius 2 is 1.66 bits per heavy atom. The number of aryl methyl sites for hydroxylation is 1. The van der Waals surface area contributed by atoms with E-state index in [1.807, 2.05) is 0 Å². The summed E-state index contributed by atoms with van der Waals surface area (Å²) >= 11 is 5.90. The van der Waals surface area contributed by atoms with Gasteiger partial charge in [-0.1, -0.05) is 29.5 Å². The number of hydrogen-bond acceptors (Lipinski definition) is 9. The van der Waals surface area contributed by atoms with Gasteiger partial charge in [-0.25, -0.2) is 8.42 Å². The zero-order valence-electron chi connectivity index (χ0n) is 17.0. The van der Waals surface area contributed by atoms with E-state index in [0.717, 1.165) is 12.1 Å². The van der Waals surface area contributed by atoms with Gasteiger partial charge >= 0.3 is 59.1 Å². The van der Waals surface area contributed by atoms with E-state index in [2.05, 4.69) is 10.2 Å². The van der Waals surface area contributed by atoms with Crippen LogP contribution in [0.1, 0.15) is 5.56 Å². The van der Waals surface area contributed by atoms with Gasteiger partial charge in [0.25, 0.3) is 10.1 Å². The number of benzene rings is 3. The molecule has 3 rings (SSSR count). The van der Waals surface area contributed by atoms with Crippen molar-refractivity contribution in [1.82, 2.24) is 0 Å². The van der Waals surface area contributed by atoms with Crippen LogP contribution in [0.5, 0.6) is 5.75 Å². The topological polar surface area (TPSA) is 185 Å². The van der Waals surface area contributed by atoms with Crippen LogP contribution in [0.3, 0.4) is 0 Å². The van der Waals surface area contributed by atoms with E-state index >= 15 is 0 Å². The van der Waals surface area contributed by atoms with Crippen molar-refractivity contribution < 1.29 is 90.2 Å². The predicted octanol–water partition coefficient (Wildman–Crippen LogP) is -2.97. The summed E-state index contributed by atoms with van der Waals surface area (Å²) in [6, 6.07) is 6.53. The summed E-state index contributed by atoms with van der Waals surface area (Å²) in [5.41, 5.74) is 5.86. The molecule has 0 spiro atoms. The second-order valence-corrected chi connectivity index (χ2v) is 9.40. The molecule has 0 bridgehead atoms. The fraction of sp³-hybridized carbons (Fsp3) is 0.0588. The summed E-state index contributed by atoms with van der Waals surface area (Å²) in [5, 5.41) is 20.1. The molecular weight excluding hydrogens is 504 g/mol. The van der Waals surface area contributed by atoms with E-state index in [9.17, 15) is 31.0 Å². The Bertz CT molecular complexity index is 1450. The van der Waals surface area contributed by atoms with Crippen molar-refractivity contribution in [2.75, 3.05) is 5.73 Å². The van der Waals surface area contributed by atoms with Crippen molar-refractivity contribution in [2.24, 2.45) is 10.2 Å². The molecular formula is C17H12ClN3Na2O7S2. The largest absolute Gasteiger partial charge is 1.00 e. The quantitative estimate of drug-likeness (QED) is 0.159. The van der Waals surface area contributed by atoms with Gasteiger partial charge in [0.15, 0.2) is 0 Å². The Morgan fingerprint density at radius 3 is 2.22 bits per heavy atom. The first-order chi connectivity index (χ1) is 13.8. The number of fused-ring (bicyclic) bond motifs is 1. The molecule has 0 amide bonds. The summed E-state index contributed by atoms with van der Waals surface area (Å²) in [7, 11) is -9.56. The molecule has 0 aromatic heterocycles. The number of rotatable bonds is 4. The minimum Gasteiger partial charge on any atom is -0.872 e. The standard InChI is InChI=1S/C17H14ClN3O7S2.2Na/c1-8-4-13(15(7-11(8)18)30(26,27)28)20-21-17-12(19)3-2-9-5-10(29(23,24)25)6-14(22)16(9)17;;/h2-7,22H,19H2,1H3,(H,23,24,25)(H,26,27,28);;/q;2*+1/p-2. The first kappa shape index (κ1) is 29.3. The Kier molecular flexibility index (Phi) is 9.75. The summed E-state index contributed by atoms with van der Waals surface area (Å²) in [5.74, 6) is -0.842. The number of anilines is 1. The first-order valence-electron chi connectivity index (χ1n) is 7.97. The van der Waals surface area contributed by atoms with Crippen LogP contribution < -0.4 is 70.0 Å². The molecule has 0 aliphatic heterocycles. The van der Waals surface area contributed by atoms with E-state index < -0.39 is 35.8 Å². The minimum atomic E-state index is -4.87. The predicted molar refractivity (Wildman–Crippen MR) is 106 cm³/mol. The molecule has 0 aliphatic rings. The molecule has 3 aromatic rings. The number of nitrogen functional groups attached to an aromatic ring is 1. The van der Waals surface area contributed by atoms with Crippen LogP contribution in [0, 0.1) is 6.92 Å². The normalized spacial score (nSPS) is 11.9. The van der Waals surface area contributed by atoms with Gasteiger partial charge in [-0.05, 0) is 42.1 Å². The van der Waals surface area contributed by atoms with Gasteiger partial charge in [0.05, 0.1) is 10.6 Å². The molecule has 0 atom stereocenters. The molecule has 0 aliphatic carbocycles. The first-order valence-corrected chi connectivity index (χ1v) is 11.2. The van der Waals surface area contributed by atoms with Crippen LogP contribution in [0.2, 0.25) is 5.02 Å². The molecule has 3 aromatic carbocycles. The molecule has 0 saturated carbocycles. The third kappa shape index (κ3) is 6.21. The van der Waals surface area contributed by atoms with Crippen molar-refractivity contribution in [2.45, 2.75) is 16.7 Å². The van der Waals surface area contributed by atoms with Crippen molar-refractivity contribution in [3.05, 3.63) is 47.0 Å². The molecule has 158 valence electrons. The molecule has 0 saturated heterocycles. The summed E-state index contributed by atoms with van der Waals surface area (Å²) < 4.78 is 66.4. The number of hydrogen-bond donors (Lipinski definition) is 2. The zero-order chi connectivity index (χ0) is 22.4. The Morgan fingerprint density at radius 1 is 1.03 bits per heavy atom. The van der Waals surface area contributed by atoms with E-state index in [-0.39, 0.29) is 92.0 Å². The maximum absolute atomic E-state index is 12.4. The SMILES string of the molecule is Cc1cc(N=Nc2c(N)ccc3cc(S(=O)(=O)[O-])cc([O-])c23)c(S(=O)(=O)O)cc1Cl.[Na+].[Na+]. The van der Waals surface area contributed by atoms with Gasteiger partial charge in [-0.3, -0.25) is 4.55 Å². The molecule has 0 unspecified atom stereocenters. The number of nitrogens with zero attached hydrogens (tertiary/aromatic N) is 2. The summed E-state index contributed by atoms with van der Waals surface area (Å²) in [6.45, 7) is 1.57. The second kappa shape index (κ2) is 10.7. The van der Waals surface area contributed by atoms with Gasteiger partial charge < -0.3 is 15.4 Å². The average molecular weight is 516 g/mol. The molecule has 3 N–H and O–H groups in total. The van der Waals surface area contributed by atoms with Crippen LogP contribution in [0.25, 0.3) is 10.8 Å². The van der Waals surface area contributed by atoms with E-state index in [1.165, 1.54) is 18.2 Å². The smallest absolute Gasteiger partial charge is 0.872 e. The Balaban J connectivity index is 0.00000256. The summed E-state index contributed by atoms with van der Waals surface area (Å²) in [4.78, 5) is -1.32. The van der Waals surface area contributed by atoms with E-state index in [1.54, 1.807) is 6.92 Å². The van der Waals surface area contributed by atoms with Crippen LogP contribution in [0.4, 0.5) is 17.1 Å². The molecule has 10 nitrogen and oxygen atoms in total. The molecule has 0 fully saturated rings. The average Bonchev–Trinajstić information content (AvgIpc) is 2.61. The molecule has 15 heteroatoms. The molecule has 0 radical (unpaired) electrons. The Labute approximate surface area is 233 Å². The summed E-state index contributed by atoms with van der Waals surface area (Å²) in [6.07, 6.45) is 0. The van der Waals surface area contributed by atoms with Gasteiger partial charge in [0.2, 0.25) is 0 Å². The van der Waals surface area contributed by atoms with Gasteiger partial charge in [0, 0.05) is 10.4 Å². The second-order valence-electron chi connectivity index (χ2n) is 6.22. The number of halogens is 1. The number of nitrogens with two attached hydrogens (primary N) is 1. The van der Waals surface area contributed by atoms with Gasteiger partial charge in [0.1, 0.15) is 26.4 Å². The van der Waals surface area contributed by atoms with Crippen LogP contribution in [-0.4, -0.2) is 25.9 Å². The van der Waals surface area contributed by atoms with Gasteiger partial charge in [-0.2, -0.15) is 8.42 Å². The van der Waals surface area contributed by atoms with Crippen LogP contribution >= 0.6 is 11.6 Å². The number of azo groups is 1. The van der Waals surface area contributed by atoms with Gasteiger partial charge in [-0.15, -0.1) is 10.2 Å². The van der Waals surface area contributed by atoms with Crippen molar-refractivity contribution >= 4 is 59.7 Å². The van der Waals surface area contributed by atoms with E-state index in [0.29, 0.717) is 11.6 Å². The van der Waals surface area contributed by atoms with Crippen molar-refractivity contribution in [3.8, 4) is 5.75 Å². The zero-order valence-corrected chi connectivity index (χ0v) is 23.4. The van der Waals surface area contributed by atoms with Crippen LogP contribution in [0.15, 0.2) is 56.4 Å². The maximum atomic E-state index is 12.4. The van der Waals surface area contributed by atoms with E-state index in [4.69, 9.17) is 17.3 Å². The van der Waals surface area contributed by atoms with Crippen molar-refractivity contribution in [1.29, 1.82) is 0 Å². The van der Waals surface area contributed by atoms with Crippen molar-refractivity contribution in [3.63, 3.8) is 0 Å². The minimum absolute atomic E-state index is 0. The monoisotopic (exact) mass is 515 g/mol. The molecule has 32 heavy (non-hydrogen) atoms. The fourth-order valence-corrected chi connectivity index (χ4v) is 4.07. The molecule has 0 heterocycles. The third-order valence-corrected chi connectivity index (χ3v) is 6.23. The maximum Gasteiger partial charge on any atom is 1.00 e. The Hall–Kier alpha value is -0.770. The van der Waals surface area contributed by atoms with Crippen LogP contribution in [-0.2, 0) is 20.2 Å². The fourth-order valence-electron chi connectivity index (χ4n) is 2.69. The third-order valence-electron chi connectivity index (χ3n) is 4.12.